The Balaban J connectivity index is 1.45. The minimum absolute atomic E-state index is 0.0204. The number of amides is 2. The van der Waals surface area contributed by atoms with Crippen LogP contribution in [-0.4, -0.2) is 23.3 Å². The van der Waals surface area contributed by atoms with Crippen LogP contribution in [-0.2, 0) is 13.0 Å². The van der Waals surface area contributed by atoms with Crippen LogP contribution in [0.25, 0.3) is 0 Å². The van der Waals surface area contributed by atoms with E-state index in [0.717, 1.165) is 23.2 Å². The van der Waals surface area contributed by atoms with Crippen molar-refractivity contribution in [3.63, 3.8) is 0 Å². The van der Waals surface area contributed by atoms with Gasteiger partial charge in [-0.05, 0) is 47.9 Å². The molecule has 2 heterocycles. The van der Waals surface area contributed by atoms with Gasteiger partial charge in [0.25, 0.3) is 11.8 Å². The third-order valence-electron chi connectivity index (χ3n) is 4.68. The topological polar surface area (TPSA) is 62.3 Å². The van der Waals surface area contributed by atoms with Crippen molar-refractivity contribution < 1.29 is 9.59 Å². The number of aromatic nitrogens is 1. The van der Waals surface area contributed by atoms with E-state index in [-0.39, 0.29) is 11.8 Å². The van der Waals surface area contributed by atoms with Crippen LogP contribution in [0, 0.1) is 0 Å². The minimum Gasteiger partial charge on any atom is -0.348 e. The van der Waals surface area contributed by atoms with Gasteiger partial charge in [-0.25, -0.2) is 0 Å². The zero-order valence-electron chi connectivity index (χ0n) is 14.8. The zero-order chi connectivity index (χ0) is 18.6. The molecule has 1 aromatic heterocycles. The van der Waals surface area contributed by atoms with Gasteiger partial charge in [-0.2, -0.15) is 0 Å². The number of fused-ring (bicyclic) bond motifs is 1. The minimum atomic E-state index is -0.149. The summed E-state index contributed by atoms with van der Waals surface area (Å²) in [4.78, 5) is 30.7. The molecule has 0 bridgehead atoms. The van der Waals surface area contributed by atoms with E-state index in [9.17, 15) is 9.59 Å². The van der Waals surface area contributed by atoms with Crippen LogP contribution in [0.5, 0.6) is 0 Å². The van der Waals surface area contributed by atoms with E-state index in [1.165, 1.54) is 0 Å². The normalized spacial score (nSPS) is 12.5. The molecule has 0 radical (unpaired) electrons. The smallest absolute Gasteiger partial charge is 0.258 e. The largest absolute Gasteiger partial charge is 0.348 e. The summed E-state index contributed by atoms with van der Waals surface area (Å²) in [6.45, 7) is 1.11. The molecule has 4 rings (SSSR count). The highest BCUT2D eigenvalue weighted by atomic mass is 16.2. The molecule has 2 aromatic carbocycles. The number of carbonyl (C=O) groups excluding carboxylic acids is 2. The number of pyridine rings is 1. The molecular formula is C22H19N3O2. The van der Waals surface area contributed by atoms with Gasteiger partial charge in [-0.3, -0.25) is 14.6 Å². The van der Waals surface area contributed by atoms with E-state index in [0.29, 0.717) is 24.2 Å². The molecule has 0 saturated carbocycles. The second-order valence-corrected chi connectivity index (χ2v) is 6.46. The fourth-order valence-corrected chi connectivity index (χ4v) is 3.29. The lowest BCUT2D eigenvalue weighted by atomic mass is 10.1. The van der Waals surface area contributed by atoms with Crippen LogP contribution in [0.4, 0.5) is 5.69 Å². The Morgan fingerprint density at radius 3 is 2.59 bits per heavy atom. The molecule has 1 N–H and O–H groups in total. The molecule has 0 atom stereocenters. The van der Waals surface area contributed by atoms with Crippen molar-refractivity contribution in [1.29, 1.82) is 0 Å². The predicted octanol–water partition coefficient (Wildman–Crippen LogP) is 3.21. The lowest BCUT2D eigenvalue weighted by molar-refractivity contribution is 0.0949. The molecule has 3 aromatic rings. The summed E-state index contributed by atoms with van der Waals surface area (Å²) in [5, 5.41) is 2.91. The SMILES string of the molecule is O=C(NCc1ccc2c(c1)CCN2C(=O)c1ccccc1)c1cccnc1. The van der Waals surface area contributed by atoms with Gasteiger partial charge in [0.15, 0.2) is 0 Å². The number of benzene rings is 2. The number of carbonyl (C=O) groups is 2. The van der Waals surface area contributed by atoms with Crippen molar-refractivity contribution in [2.75, 3.05) is 11.4 Å². The number of hydrogen-bond donors (Lipinski definition) is 1. The Kier molecular flexibility index (Phi) is 4.66. The Hall–Kier alpha value is -3.47. The van der Waals surface area contributed by atoms with Crippen molar-refractivity contribution in [3.8, 4) is 0 Å². The molecule has 0 saturated heterocycles. The second-order valence-electron chi connectivity index (χ2n) is 6.46. The molecule has 1 aliphatic heterocycles. The van der Waals surface area contributed by atoms with Crippen LogP contribution >= 0.6 is 0 Å². The molecule has 134 valence electrons. The summed E-state index contributed by atoms with van der Waals surface area (Å²) in [5.41, 5.74) is 4.33. The first-order valence-corrected chi connectivity index (χ1v) is 8.89. The van der Waals surface area contributed by atoms with E-state index in [1.54, 1.807) is 24.5 Å². The summed E-state index contributed by atoms with van der Waals surface area (Å²) in [5.74, 6) is -0.128. The number of anilines is 1. The van der Waals surface area contributed by atoms with Crippen LogP contribution in [0.3, 0.4) is 0 Å². The fraction of sp³-hybridized carbons (Fsp3) is 0.136. The van der Waals surface area contributed by atoms with Crippen molar-refractivity contribution in [2.45, 2.75) is 13.0 Å². The summed E-state index contributed by atoms with van der Waals surface area (Å²) in [7, 11) is 0. The average molecular weight is 357 g/mol. The molecule has 2 amide bonds. The average Bonchev–Trinajstić information content (AvgIpc) is 3.16. The molecule has 0 unspecified atom stereocenters. The van der Waals surface area contributed by atoms with E-state index in [1.807, 2.05) is 47.4 Å². The Bertz CT molecular complexity index is 971. The maximum absolute atomic E-state index is 12.7. The Labute approximate surface area is 157 Å². The molecular weight excluding hydrogens is 338 g/mol. The fourth-order valence-electron chi connectivity index (χ4n) is 3.29. The number of nitrogens with one attached hydrogen (secondary N) is 1. The van der Waals surface area contributed by atoms with E-state index < -0.39 is 0 Å². The van der Waals surface area contributed by atoms with Crippen LogP contribution in [0.2, 0.25) is 0 Å². The predicted molar refractivity (Wildman–Crippen MR) is 104 cm³/mol. The summed E-state index contributed by atoms with van der Waals surface area (Å²) in [6, 6.07) is 18.8. The van der Waals surface area contributed by atoms with E-state index in [2.05, 4.69) is 16.4 Å². The molecule has 27 heavy (non-hydrogen) atoms. The van der Waals surface area contributed by atoms with Gasteiger partial charge >= 0.3 is 0 Å². The third-order valence-corrected chi connectivity index (χ3v) is 4.68. The Morgan fingerprint density at radius 1 is 1.00 bits per heavy atom. The highest BCUT2D eigenvalue weighted by Crippen LogP contribution is 2.30. The standard InChI is InChI=1S/C22H19N3O2/c26-21(19-7-4-11-23-15-19)24-14-16-8-9-20-18(13-16)10-12-25(20)22(27)17-5-2-1-3-6-17/h1-9,11,13,15H,10,12,14H2,(H,24,26). The first-order valence-electron chi connectivity index (χ1n) is 8.89. The van der Waals surface area contributed by atoms with Crippen LogP contribution in [0.1, 0.15) is 31.8 Å². The van der Waals surface area contributed by atoms with Crippen LogP contribution in [0.15, 0.2) is 73.1 Å². The quantitative estimate of drug-likeness (QED) is 0.780. The van der Waals surface area contributed by atoms with Crippen LogP contribution < -0.4 is 10.2 Å². The maximum Gasteiger partial charge on any atom is 0.258 e. The molecule has 5 nitrogen and oxygen atoms in total. The Morgan fingerprint density at radius 2 is 1.81 bits per heavy atom. The summed E-state index contributed by atoms with van der Waals surface area (Å²) < 4.78 is 0. The van der Waals surface area contributed by atoms with Gasteiger partial charge in [0.05, 0.1) is 5.56 Å². The molecule has 0 aliphatic carbocycles. The highest BCUT2D eigenvalue weighted by Gasteiger charge is 2.25. The van der Waals surface area contributed by atoms with Crippen molar-refractivity contribution in [3.05, 3.63) is 95.3 Å². The third kappa shape index (κ3) is 3.58. The summed E-state index contributed by atoms with van der Waals surface area (Å²) >= 11 is 0. The lowest BCUT2D eigenvalue weighted by Gasteiger charge is -2.17. The van der Waals surface area contributed by atoms with Gasteiger partial charge in [-0.15, -0.1) is 0 Å². The van der Waals surface area contributed by atoms with Gasteiger partial charge in [0, 0.05) is 36.7 Å². The lowest BCUT2D eigenvalue weighted by Crippen LogP contribution is -2.28. The highest BCUT2D eigenvalue weighted by molar-refractivity contribution is 6.07. The first-order chi connectivity index (χ1) is 13.2. The van der Waals surface area contributed by atoms with Gasteiger partial charge < -0.3 is 10.2 Å². The molecule has 5 heteroatoms. The summed E-state index contributed by atoms with van der Waals surface area (Å²) in [6.07, 6.45) is 4.00. The number of nitrogens with zero attached hydrogens (tertiary/aromatic N) is 2. The van der Waals surface area contributed by atoms with Gasteiger partial charge in [0.1, 0.15) is 0 Å². The zero-order valence-corrected chi connectivity index (χ0v) is 14.8. The maximum atomic E-state index is 12.7. The first kappa shape index (κ1) is 17.0. The van der Waals surface area contributed by atoms with Crippen molar-refractivity contribution in [2.24, 2.45) is 0 Å². The van der Waals surface area contributed by atoms with E-state index in [4.69, 9.17) is 0 Å². The number of hydrogen-bond acceptors (Lipinski definition) is 3. The van der Waals surface area contributed by atoms with Gasteiger partial charge in [-0.1, -0.05) is 30.3 Å². The molecule has 1 aliphatic rings. The molecule has 0 fully saturated rings. The van der Waals surface area contributed by atoms with Crippen molar-refractivity contribution >= 4 is 17.5 Å². The van der Waals surface area contributed by atoms with Gasteiger partial charge in [0.2, 0.25) is 0 Å². The number of rotatable bonds is 4. The molecule has 0 spiro atoms. The monoisotopic (exact) mass is 357 g/mol. The van der Waals surface area contributed by atoms with Crippen molar-refractivity contribution in [1.82, 2.24) is 10.3 Å². The second kappa shape index (κ2) is 7.41. The van der Waals surface area contributed by atoms with E-state index >= 15 is 0 Å².